The maximum Gasteiger partial charge on any atom is 0.198 e. The minimum absolute atomic E-state index is 0.0673. The van der Waals surface area contributed by atoms with Crippen molar-refractivity contribution < 1.29 is 28.1 Å². The number of hydrogen-bond acceptors (Lipinski definition) is 4. The quantitative estimate of drug-likeness (QED) is 0.272. The lowest BCUT2D eigenvalue weighted by Crippen LogP contribution is -2.21. The van der Waals surface area contributed by atoms with Crippen LogP contribution < -0.4 is 9.47 Å². The van der Waals surface area contributed by atoms with Gasteiger partial charge in [0.25, 0.3) is 0 Å². The van der Waals surface area contributed by atoms with E-state index in [-0.39, 0.29) is 29.4 Å². The van der Waals surface area contributed by atoms with Crippen LogP contribution in [0.15, 0.2) is 60.7 Å². The van der Waals surface area contributed by atoms with Gasteiger partial charge < -0.3 is 19.1 Å². The zero-order chi connectivity index (χ0) is 27.4. The molecule has 0 saturated heterocycles. The Hall–Kier alpha value is -2.66. The van der Waals surface area contributed by atoms with E-state index >= 15 is 0 Å². The lowest BCUT2D eigenvalue weighted by Gasteiger charge is -2.32. The van der Waals surface area contributed by atoms with Gasteiger partial charge in [0, 0.05) is 25.5 Å². The van der Waals surface area contributed by atoms with Crippen molar-refractivity contribution in [2.24, 2.45) is 5.41 Å². The first-order valence-corrected chi connectivity index (χ1v) is 14.6. The second-order valence-electron chi connectivity index (χ2n) is 10.7. The molecule has 0 aliphatic carbocycles. The number of halogens is 1. The van der Waals surface area contributed by atoms with Crippen LogP contribution in [-0.4, -0.2) is 31.9 Å². The van der Waals surface area contributed by atoms with Gasteiger partial charge in [0.15, 0.2) is 7.37 Å². The van der Waals surface area contributed by atoms with Gasteiger partial charge in [-0.05, 0) is 70.0 Å². The summed E-state index contributed by atoms with van der Waals surface area (Å²) in [4.78, 5) is 9.75. The maximum atomic E-state index is 15.0. The van der Waals surface area contributed by atoms with Gasteiger partial charge in [-0.15, -0.1) is 0 Å². The zero-order valence-corrected chi connectivity index (χ0v) is 23.6. The van der Waals surface area contributed by atoms with E-state index in [1.165, 1.54) is 12.7 Å². The van der Waals surface area contributed by atoms with Crippen LogP contribution in [0.2, 0.25) is 0 Å². The van der Waals surface area contributed by atoms with Gasteiger partial charge in [-0.2, -0.15) is 0 Å². The van der Waals surface area contributed by atoms with E-state index in [4.69, 9.17) is 14.2 Å². The number of benzene rings is 3. The van der Waals surface area contributed by atoms with E-state index < -0.39 is 7.37 Å². The van der Waals surface area contributed by atoms with Crippen molar-refractivity contribution in [1.29, 1.82) is 0 Å². The van der Waals surface area contributed by atoms with Crippen molar-refractivity contribution in [2.45, 2.75) is 46.3 Å². The maximum absolute atomic E-state index is 15.0. The minimum atomic E-state index is -3.12. The van der Waals surface area contributed by atoms with Gasteiger partial charge in [-0.25, -0.2) is 4.39 Å². The Morgan fingerprint density at radius 3 is 2.32 bits per heavy atom. The molecule has 0 heterocycles. The molecule has 3 rings (SSSR count). The fourth-order valence-electron chi connectivity index (χ4n) is 4.64. The molecule has 0 bridgehead atoms. The third-order valence-corrected chi connectivity index (χ3v) is 7.55. The lowest BCUT2D eigenvalue weighted by atomic mass is 9.81. The fourth-order valence-corrected chi connectivity index (χ4v) is 5.87. The summed E-state index contributed by atoms with van der Waals surface area (Å²) in [7, 11) is 0.103. The first-order valence-electron chi connectivity index (χ1n) is 12.3. The highest BCUT2D eigenvalue weighted by Crippen LogP contribution is 2.43. The number of rotatable bonds is 10. The summed E-state index contributed by atoms with van der Waals surface area (Å²) in [5, 5.41) is 0. The van der Waals surface area contributed by atoms with Crippen LogP contribution in [-0.2, 0) is 15.9 Å². The van der Waals surface area contributed by atoms with Crippen molar-refractivity contribution in [3.63, 3.8) is 0 Å². The van der Waals surface area contributed by atoms with E-state index in [1.54, 1.807) is 26.4 Å². The van der Waals surface area contributed by atoms with E-state index in [0.29, 0.717) is 23.7 Å². The minimum Gasteiger partial charge on any atom is -0.497 e. The monoisotopic (exact) mass is 528 g/mol. The van der Waals surface area contributed by atoms with Gasteiger partial charge >= 0.3 is 0 Å². The van der Waals surface area contributed by atoms with Crippen LogP contribution in [0.1, 0.15) is 56.4 Å². The Balaban J connectivity index is 1.94. The Kier molecular flexibility index (Phi) is 9.22. The molecule has 7 heteroatoms. The van der Waals surface area contributed by atoms with Crippen molar-refractivity contribution in [2.75, 3.05) is 27.0 Å². The van der Waals surface area contributed by atoms with Crippen LogP contribution in [0.25, 0.3) is 11.1 Å². The molecule has 5 nitrogen and oxygen atoms in total. The zero-order valence-electron chi connectivity index (χ0n) is 22.7. The summed E-state index contributed by atoms with van der Waals surface area (Å²) >= 11 is 0. The topological polar surface area (TPSA) is 65.0 Å². The second-order valence-corrected chi connectivity index (χ2v) is 13.2. The third-order valence-electron chi connectivity index (χ3n) is 6.33. The van der Waals surface area contributed by atoms with Crippen LogP contribution in [0.3, 0.4) is 0 Å². The molecule has 2 unspecified atom stereocenters. The Labute approximate surface area is 220 Å². The normalized spacial score (nSPS) is 15.1. The fraction of sp³-hybridized carbons (Fsp3) is 0.400. The molecule has 0 aromatic heterocycles. The third kappa shape index (κ3) is 7.67. The molecule has 37 heavy (non-hydrogen) atoms. The molecule has 0 spiro atoms. The molecule has 3 atom stereocenters. The van der Waals surface area contributed by atoms with Gasteiger partial charge in [0.05, 0.1) is 13.2 Å². The van der Waals surface area contributed by atoms with Gasteiger partial charge in [-0.1, -0.05) is 52.0 Å². The second kappa shape index (κ2) is 11.8. The highest BCUT2D eigenvalue weighted by atomic mass is 31.2. The lowest BCUT2D eigenvalue weighted by molar-refractivity contribution is 0.0155. The number of ether oxygens (including phenoxy) is 3. The largest absolute Gasteiger partial charge is 0.497 e. The molecular formula is C30H38FO5P. The average molecular weight is 529 g/mol. The summed E-state index contributed by atoms with van der Waals surface area (Å²) in [5.41, 5.74) is 3.68. The van der Waals surface area contributed by atoms with Crippen molar-refractivity contribution in [1.82, 2.24) is 0 Å². The predicted molar refractivity (Wildman–Crippen MR) is 147 cm³/mol. The van der Waals surface area contributed by atoms with Crippen LogP contribution in [0, 0.1) is 11.2 Å². The first kappa shape index (κ1) is 28.9. The van der Waals surface area contributed by atoms with Crippen LogP contribution in [0.5, 0.6) is 11.5 Å². The standard InChI is InChI=1S/C30H38FO5P/c1-20(19-37(7,32)33)22-9-8-10-24(16-22)36-18-21-11-13-25(26-17-23(34-5)12-14-28(26)31)27(15-21)29(35-6)30(2,3)4/h8-17,20,29H,18-19H2,1-7H3,(H,32,33)/t20?,29-/m1/s1. The van der Waals surface area contributed by atoms with Crippen LogP contribution >= 0.6 is 7.37 Å². The molecular weight excluding hydrogens is 490 g/mol. The van der Waals surface area contributed by atoms with E-state index in [0.717, 1.165) is 22.3 Å². The predicted octanol–water partition coefficient (Wildman–Crippen LogP) is 7.82. The molecule has 0 saturated carbocycles. The molecule has 0 aliphatic rings. The van der Waals surface area contributed by atoms with Crippen LogP contribution in [0.4, 0.5) is 4.39 Å². The first-order chi connectivity index (χ1) is 17.3. The smallest absolute Gasteiger partial charge is 0.198 e. The van der Waals surface area contributed by atoms with Gasteiger partial charge in [-0.3, -0.25) is 4.57 Å². The number of hydrogen-bond donors (Lipinski definition) is 1. The Bertz CT molecular complexity index is 1260. The van der Waals surface area contributed by atoms with Gasteiger partial charge in [0.1, 0.15) is 23.9 Å². The molecule has 1 N–H and O–H groups in total. The summed E-state index contributed by atoms with van der Waals surface area (Å²) in [5.74, 6) is 0.855. The highest BCUT2D eigenvalue weighted by Gasteiger charge is 2.29. The Morgan fingerprint density at radius 1 is 0.973 bits per heavy atom. The van der Waals surface area contributed by atoms with Crippen molar-refractivity contribution in [3.05, 3.63) is 83.2 Å². The van der Waals surface area contributed by atoms with E-state index in [2.05, 4.69) is 20.8 Å². The van der Waals surface area contributed by atoms with E-state index in [9.17, 15) is 13.8 Å². The molecule has 3 aromatic rings. The summed E-state index contributed by atoms with van der Waals surface area (Å²) < 4.78 is 44.2. The highest BCUT2D eigenvalue weighted by molar-refractivity contribution is 7.57. The molecule has 0 radical (unpaired) electrons. The summed E-state index contributed by atoms with van der Waals surface area (Å²) in [6.45, 7) is 9.89. The molecule has 3 aromatic carbocycles. The molecule has 0 fully saturated rings. The Morgan fingerprint density at radius 2 is 1.70 bits per heavy atom. The SMILES string of the molecule is COc1ccc(F)c(-c2ccc(COc3cccc(C(C)CP(C)(=O)O)c3)cc2[C@@H](OC)C(C)(C)C)c1. The van der Waals surface area contributed by atoms with E-state index in [1.807, 2.05) is 49.4 Å². The summed E-state index contributed by atoms with van der Waals surface area (Å²) in [6, 6.07) is 18.2. The summed E-state index contributed by atoms with van der Waals surface area (Å²) in [6.07, 6.45) is -0.0757. The van der Waals surface area contributed by atoms with Gasteiger partial charge in [0.2, 0.25) is 0 Å². The number of methoxy groups -OCH3 is 2. The van der Waals surface area contributed by atoms with Crippen molar-refractivity contribution in [3.8, 4) is 22.6 Å². The molecule has 200 valence electrons. The average Bonchev–Trinajstić information content (AvgIpc) is 2.82. The molecule has 0 aliphatic heterocycles. The molecule has 0 amide bonds. The van der Waals surface area contributed by atoms with Crippen molar-refractivity contribution >= 4 is 7.37 Å².